The highest BCUT2D eigenvalue weighted by atomic mass is 32.2. The third-order valence-corrected chi connectivity index (χ3v) is 5.02. The van der Waals surface area contributed by atoms with Crippen LogP contribution in [0.1, 0.15) is 15.9 Å². The number of nitrogens with one attached hydrogen (secondary N) is 1. The average molecular weight is 419 g/mol. The number of fused-ring (bicyclic) bond motifs is 1. The van der Waals surface area contributed by atoms with Crippen molar-refractivity contribution >= 4 is 16.0 Å². The van der Waals surface area contributed by atoms with Crippen LogP contribution in [0.4, 0.5) is 13.2 Å². The molecule has 12 heteroatoms. The van der Waals surface area contributed by atoms with Crippen molar-refractivity contribution in [2.45, 2.75) is 17.8 Å². The maximum absolute atomic E-state index is 12.5. The van der Waals surface area contributed by atoms with E-state index in [1.807, 2.05) is 0 Å². The molecule has 3 rings (SSSR count). The van der Waals surface area contributed by atoms with Gasteiger partial charge < -0.3 is 19.3 Å². The van der Waals surface area contributed by atoms with Crippen molar-refractivity contribution in [3.05, 3.63) is 47.5 Å². The molecule has 0 atom stereocenters. The zero-order valence-electron chi connectivity index (χ0n) is 13.8. The molecular formula is C16H12F3NO7S. The Morgan fingerprint density at radius 1 is 1.14 bits per heavy atom. The highest BCUT2D eigenvalue weighted by Gasteiger charge is 2.33. The van der Waals surface area contributed by atoms with Crippen molar-refractivity contribution in [3.8, 4) is 17.2 Å². The van der Waals surface area contributed by atoms with Crippen molar-refractivity contribution in [3.63, 3.8) is 0 Å². The van der Waals surface area contributed by atoms with Crippen LogP contribution < -0.4 is 18.9 Å². The number of benzene rings is 2. The Balaban J connectivity index is 1.82. The van der Waals surface area contributed by atoms with E-state index in [2.05, 4.69) is 9.46 Å². The summed E-state index contributed by atoms with van der Waals surface area (Å²) in [7, 11) is -4.26. The summed E-state index contributed by atoms with van der Waals surface area (Å²) in [5.74, 6) is -1.89. The Morgan fingerprint density at radius 3 is 2.54 bits per heavy atom. The second-order valence-electron chi connectivity index (χ2n) is 5.52. The number of carbonyl (C=O) groups is 1. The molecular weight excluding hydrogens is 407 g/mol. The number of sulfonamides is 1. The number of hydrogen-bond acceptors (Lipinski definition) is 6. The van der Waals surface area contributed by atoms with Crippen LogP contribution in [0, 0.1) is 0 Å². The number of alkyl halides is 3. The largest absolute Gasteiger partial charge is 0.573 e. The fourth-order valence-electron chi connectivity index (χ4n) is 2.37. The Bertz CT molecular complexity index is 1020. The van der Waals surface area contributed by atoms with Crippen LogP contribution in [0.25, 0.3) is 0 Å². The van der Waals surface area contributed by atoms with Crippen LogP contribution in [0.2, 0.25) is 0 Å². The van der Waals surface area contributed by atoms with Gasteiger partial charge in [0, 0.05) is 12.6 Å². The Morgan fingerprint density at radius 2 is 1.86 bits per heavy atom. The summed E-state index contributed by atoms with van der Waals surface area (Å²) >= 11 is 0. The molecule has 2 N–H and O–H groups in total. The smallest absolute Gasteiger partial charge is 0.478 e. The predicted octanol–water partition coefficient (Wildman–Crippen LogP) is 2.49. The number of carboxylic acid groups (broad SMARTS) is 1. The van der Waals surface area contributed by atoms with E-state index in [1.54, 1.807) is 18.2 Å². The fourth-order valence-corrected chi connectivity index (χ4v) is 3.40. The molecule has 0 amide bonds. The summed E-state index contributed by atoms with van der Waals surface area (Å²) in [6.45, 7) is -0.141. The lowest BCUT2D eigenvalue weighted by atomic mass is 10.2. The molecule has 0 saturated carbocycles. The quantitative estimate of drug-likeness (QED) is 0.740. The number of hydrogen-bond donors (Lipinski definition) is 2. The first-order valence-electron chi connectivity index (χ1n) is 7.56. The van der Waals surface area contributed by atoms with E-state index in [-0.39, 0.29) is 13.3 Å². The van der Waals surface area contributed by atoms with Gasteiger partial charge in [0.05, 0.1) is 4.90 Å². The highest BCUT2D eigenvalue weighted by Crippen LogP contribution is 2.33. The van der Waals surface area contributed by atoms with E-state index in [0.29, 0.717) is 23.1 Å². The molecule has 0 unspecified atom stereocenters. The Hall–Kier alpha value is -2.99. The van der Waals surface area contributed by atoms with E-state index in [0.717, 1.165) is 12.1 Å². The van der Waals surface area contributed by atoms with Crippen molar-refractivity contribution in [2.75, 3.05) is 6.79 Å². The van der Waals surface area contributed by atoms with Crippen LogP contribution in [0.5, 0.6) is 17.2 Å². The van der Waals surface area contributed by atoms with Gasteiger partial charge in [0.1, 0.15) is 11.3 Å². The number of carboxylic acids is 1. The van der Waals surface area contributed by atoms with E-state index in [4.69, 9.17) is 14.6 Å². The molecule has 1 aliphatic heterocycles. The fraction of sp³-hybridized carbons (Fsp3) is 0.188. The van der Waals surface area contributed by atoms with Crippen LogP contribution in [0.15, 0.2) is 41.3 Å². The predicted molar refractivity (Wildman–Crippen MR) is 86.7 cm³/mol. The summed E-state index contributed by atoms with van der Waals surface area (Å²) in [6.07, 6.45) is -5.19. The maximum atomic E-state index is 12.5. The number of ether oxygens (including phenoxy) is 3. The van der Waals surface area contributed by atoms with Crippen LogP contribution >= 0.6 is 0 Å². The molecule has 0 aromatic heterocycles. The van der Waals surface area contributed by atoms with Gasteiger partial charge in [-0.3, -0.25) is 0 Å². The minimum absolute atomic E-state index is 0.0441. The molecule has 0 spiro atoms. The molecule has 1 aliphatic rings. The van der Waals surface area contributed by atoms with Gasteiger partial charge in [-0.1, -0.05) is 6.07 Å². The first-order chi connectivity index (χ1) is 13.0. The minimum Gasteiger partial charge on any atom is -0.478 e. The third-order valence-electron chi connectivity index (χ3n) is 3.62. The number of aromatic carboxylic acids is 1. The molecule has 0 radical (unpaired) electrons. The highest BCUT2D eigenvalue weighted by molar-refractivity contribution is 7.89. The summed E-state index contributed by atoms with van der Waals surface area (Å²) in [5.41, 5.74) is -0.311. The van der Waals surface area contributed by atoms with Crippen LogP contribution in [0.3, 0.4) is 0 Å². The number of rotatable bonds is 6. The molecule has 28 heavy (non-hydrogen) atoms. The minimum atomic E-state index is -5.19. The van der Waals surface area contributed by atoms with Crippen molar-refractivity contribution in [2.24, 2.45) is 0 Å². The topological polar surface area (TPSA) is 111 Å². The normalized spacial score (nSPS) is 13.4. The molecule has 0 fully saturated rings. The first kappa shape index (κ1) is 19.8. The van der Waals surface area contributed by atoms with Gasteiger partial charge in [0.25, 0.3) is 0 Å². The van der Waals surface area contributed by atoms with Gasteiger partial charge in [-0.2, -0.15) is 0 Å². The van der Waals surface area contributed by atoms with Gasteiger partial charge in [0.2, 0.25) is 16.8 Å². The summed E-state index contributed by atoms with van der Waals surface area (Å²) < 4.78 is 78.4. The lowest BCUT2D eigenvalue weighted by molar-refractivity contribution is -0.274. The molecule has 1 heterocycles. The van der Waals surface area contributed by atoms with Gasteiger partial charge in [-0.05, 0) is 29.8 Å². The van der Waals surface area contributed by atoms with Crippen molar-refractivity contribution in [1.29, 1.82) is 0 Å². The molecule has 0 aliphatic carbocycles. The molecule has 0 bridgehead atoms. The molecule has 0 saturated heterocycles. The van der Waals surface area contributed by atoms with Gasteiger partial charge in [-0.15, -0.1) is 13.2 Å². The zero-order valence-corrected chi connectivity index (χ0v) is 14.6. The number of halogens is 3. The summed E-state index contributed by atoms with van der Waals surface area (Å²) in [5, 5.41) is 8.95. The van der Waals surface area contributed by atoms with Crippen molar-refractivity contribution < 1.29 is 45.7 Å². The summed E-state index contributed by atoms with van der Waals surface area (Å²) in [4.78, 5) is 10.5. The first-order valence-corrected chi connectivity index (χ1v) is 9.05. The Labute approximate surface area is 156 Å². The molecule has 150 valence electrons. The second-order valence-corrected chi connectivity index (χ2v) is 7.29. The van der Waals surface area contributed by atoms with E-state index < -0.39 is 38.6 Å². The maximum Gasteiger partial charge on any atom is 0.573 e. The lowest BCUT2D eigenvalue weighted by Crippen LogP contribution is -2.24. The lowest BCUT2D eigenvalue weighted by Gasteiger charge is -2.13. The van der Waals surface area contributed by atoms with Crippen molar-refractivity contribution in [1.82, 2.24) is 4.72 Å². The molecule has 2 aromatic carbocycles. The third kappa shape index (κ3) is 4.46. The van der Waals surface area contributed by atoms with Gasteiger partial charge in [0.15, 0.2) is 11.5 Å². The second kappa shape index (κ2) is 7.20. The average Bonchev–Trinajstić information content (AvgIpc) is 3.06. The Kier molecular flexibility index (Phi) is 5.08. The summed E-state index contributed by atoms with van der Waals surface area (Å²) in [6, 6.07) is 6.81. The van der Waals surface area contributed by atoms with Gasteiger partial charge in [-0.25, -0.2) is 17.9 Å². The zero-order chi connectivity index (χ0) is 20.5. The van der Waals surface area contributed by atoms with E-state index in [1.165, 1.54) is 0 Å². The molecule has 8 nitrogen and oxygen atoms in total. The monoisotopic (exact) mass is 419 g/mol. The van der Waals surface area contributed by atoms with Gasteiger partial charge >= 0.3 is 12.3 Å². The van der Waals surface area contributed by atoms with E-state index >= 15 is 0 Å². The van der Waals surface area contributed by atoms with Crippen LogP contribution in [-0.2, 0) is 16.6 Å². The SMILES string of the molecule is O=C(O)c1ccc(S(=O)(=O)NCc2ccc3c(c2)OCO3)cc1OC(F)(F)F. The van der Waals surface area contributed by atoms with Crippen LogP contribution in [-0.4, -0.2) is 32.6 Å². The standard InChI is InChI=1S/C16H12F3NO7S/c17-16(18,19)27-13-6-10(2-3-11(13)15(21)22)28(23,24)20-7-9-1-4-12-14(5-9)26-8-25-12/h1-6,20H,7-8H2,(H,21,22). The van der Waals surface area contributed by atoms with E-state index in [9.17, 15) is 26.4 Å². The molecule has 2 aromatic rings.